The zero-order valence-electron chi connectivity index (χ0n) is 15.3. The van der Waals surface area contributed by atoms with E-state index >= 15 is 0 Å². The molecule has 0 spiro atoms. The molecule has 0 saturated carbocycles. The Labute approximate surface area is 158 Å². The zero-order chi connectivity index (χ0) is 19.2. The number of amides is 3. The first-order valence-electron chi connectivity index (χ1n) is 9.04. The third kappa shape index (κ3) is 5.17. The summed E-state index contributed by atoms with van der Waals surface area (Å²) >= 11 is 0. The Bertz CT molecular complexity index is 829. The Kier molecular flexibility index (Phi) is 5.86. The lowest BCUT2D eigenvalue weighted by molar-refractivity contribution is -0.120. The predicted molar refractivity (Wildman–Crippen MR) is 104 cm³/mol. The molecule has 0 aromatic heterocycles. The number of carbonyl (C=O) groups is 3. The van der Waals surface area contributed by atoms with Crippen molar-refractivity contribution in [3.8, 4) is 0 Å². The number of nitrogens with one attached hydrogen (secondary N) is 2. The third-order valence-corrected chi connectivity index (χ3v) is 4.45. The van der Waals surface area contributed by atoms with Crippen LogP contribution in [-0.4, -0.2) is 24.3 Å². The van der Waals surface area contributed by atoms with E-state index in [4.69, 9.17) is 0 Å². The second-order valence-corrected chi connectivity index (χ2v) is 6.65. The van der Waals surface area contributed by atoms with Gasteiger partial charge in [0, 0.05) is 37.8 Å². The largest absolute Gasteiger partial charge is 0.352 e. The molecule has 1 fully saturated rings. The number of benzene rings is 2. The molecule has 6 heteroatoms. The highest BCUT2D eigenvalue weighted by Gasteiger charge is 2.21. The lowest BCUT2D eigenvalue weighted by Gasteiger charge is -2.16. The molecule has 1 heterocycles. The molecule has 6 nitrogen and oxygen atoms in total. The highest BCUT2D eigenvalue weighted by molar-refractivity contribution is 5.95. The maximum Gasteiger partial charge on any atom is 0.227 e. The maximum absolute atomic E-state index is 12.1. The molecule has 3 amide bonds. The summed E-state index contributed by atoms with van der Waals surface area (Å²) < 4.78 is 0. The summed E-state index contributed by atoms with van der Waals surface area (Å²) in [6.45, 7) is 2.67. The molecule has 1 aliphatic rings. The number of rotatable bonds is 6. The van der Waals surface area contributed by atoms with Crippen molar-refractivity contribution in [2.24, 2.45) is 0 Å². The quantitative estimate of drug-likeness (QED) is 0.826. The second-order valence-electron chi connectivity index (χ2n) is 6.65. The molecule has 0 bridgehead atoms. The van der Waals surface area contributed by atoms with Gasteiger partial charge >= 0.3 is 0 Å². The first kappa shape index (κ1) is 18.6. The van der Waals surface area contributed by atoms with E-state index in [-0.39, 0.29) is 24.1 Å². The van der Waals surface area contributed by atoms with E-state index in [1.165, 1.54) is 6.92 Å². The van der Waals surface area contributed by atoms with Crippen molar-refractivity contribution in [1.82, 2.24) is 5.32 Å². The fourth-order valence-corrected chi connectivity index (χ4v) is 3.07. The van der Waals surface area contributed by atoms with Crippen molar-refractivity contribution in [3.05, 3.63) is 59.7 Å². The monoisotopic (exact) mass is 365 g/mol. The van der Waals surface area contributed by atoms with E-state index in [0.717, 1.165) is 29.8 Å². The Morgan fingerprint density at radius 3 is 2.26 bits per heavy atom. The summed E-state index contributed by atoms with van der Waals surface area (Å²) in [6, 6.07) is 14.9. The van der Waals surface area contributed by atoms with Gasteiger partial charge in [-0.05, 0) is 41.8 Å². The molecular weight excluding hydrogens is 342 g/mol. The van der Waals surface area contributed by atoms with Gasteiger partial charge in [-0.3, -0.25) is 14.4 Å². The first-order chi connectivity index (χ1) is 13.0. The van der Waals surface area contributed by atoms with Gasteiger partial charge < -0.3 is 15.5 Å². The van der Waals surface area contributed by atoms with Gasteiger partial charge in [-0.1, -0.05) is 24.3 Å². The maximum atomic E-state index is 12.1. The van der Waals surface area contributed by atoms with E-state index in [1.807, 2.05) is 36.4 Å². The van der Waals surface area contributed by atoms with Crippen molar-refractivity contribution < 1.29 is 14.4 Å². The normalized spacial score (nSPS) is 13.5. The van der Waals surface area contributed by atoms with Gasteiger partial charge in [0.2, 0.25) is 17.7 Å². The highest BCUT2D eigenvalue weighted by atomic mass is 16.2. The zero-order valence-corrected chi connectivity index (χ0v) is 15.3. The molecule has 2 aromatic rings. The predicted octanol–water partition coefficient (Wildman–Crippen LogP) is 2.63. The molecule has 1 aliphatic heterocycles. The lowest BCUT2D eigenvalue weighted by Crippen LogP contribution is -2.25. The molecule has 0 aliphatic carbocycles. The Balaban J connectivity index is 1.48. The van der Waals surface area contributed by atoms with E-state index in [2.05, 4.69) is 10.6 Å². The van der Waals surface area contributed by atoms with E-state index in [9.17, 15) is 14.4 Å². The van der Waals surface area contributed by atoms with Gasteiger partial charge in [-0.25, -0.2) is 0 Å². The van der Waals surface area contributed by atoms with Crippen LogP contribution < -0.4 is 15.5 Å². The molecule has 2 N–H and O–H groups in total. The molecular formula is C21H23N3O3. The SMILES string of the molecule is CC(=O)Nc1ccc(CC(=O)NCc2ccc(N3CCCC3=O)cc2)cc1. The summed E-state index contributed by atoms with van der Waals surface area (Å²) in [5, 5.41) is 5.60. The minimum Gasteiger partial charge on any atom is -0.352 e. The van der Waals surface area contributed by atoms with Crippen LogP contribution in [0.1, 0.15) is 30.9 Å². The molecule has 0 radical (unpaired) electrons. The molecule has 1 saturated heterocycles. The number of hydrogen-bond acceptors (Lipinski definition) is 3. The minimum absolute atomic E-state index is 0.0684. The standard InChI is InChI=1S/C21H23N3O3/c1-15(25)23-18-8-4-16(5-9-18)13-20(26)22-14-17-6-10-19(11-7-17)24-12-2-3-21(24)27/h4-11H,2-3,12-14H2,1H3,(H,22,26)(H,23,25). The van der Waals surface area contributed by atoms with Crippen LogP contribution in [0.5, 0.6) is 0 Å². The number of hydrogen-bond donors (Lipinski definition) is 2. The number of carbonyl (C=O) groups excluding carboxylic acids is 3. The molecule has 0 unspecified atom stereocenters. The highest BCUT2D eigenvalue weighted by Crippen LogP contribution is 2.21. The van der Waals surface area contributed by atoms with Gasteiger partial charge in [-0.15, -0.1) is 0 Å². The van der Waals surface area contributed by atoms with Gasteiger partial charge in [-0.2, -0.15) is 0 Å². The van der Waals surface area contributed by atoms with Crippen LogP contribution in [0.2, 0.25) is 0 Å². The van der Waals surface area contributed by atoms with E-state index in [1.54, 1.807) is 17.0 Å². The molecule has 2 aromatic carbocycles. The fraction of sp³-hybridized carbons (Fsp3) is 0.286. The molecule has 140 valence electrons. The summed E-state index contributed by atoms with van der Waals surface area (Å²) in [7, 11) is 0. The van der Waals surface area contributed by atoms with Crippen LogP contribution in [0.3, 0.4) is 0 Å². The van der Waals surface area contributed by atoms with Crippen molar-refractivity contribution >= 4 is 29.1 Å². The van der Waals surface area contributed by atoms with Crippen LogP contribution in [0.15, 0.2) is 48.5 Å². The van der Waals surface area contributed by atoms with Gasteiger partial charge in [0.1, 0.15) is 0 Å². The number of anilines is 2. The number of nitrogens with zero attached hydrogens (tertiary/aromatic N) is 1. The van der Waals surface area contributed by atoms with Gasteiger partial charge in [0.05, 0.1) is 6.42 Å². The topological polar surface area (TPSA) is 78.5 Å². The van der Waals surface area contributed by atoms with Crippen LogP contribution >= 0.6 is 0 Å². The smallest absolute Gasteiger partial charge is 0.227 e. The van der Waals surface area contributed by atoms with Crippen LogP contribution in [-0.2, 0) is 27.3 Å². The fourth-order valence-electron chi connectivity index (χ4n) is 3.07. The Morgan fingerprint density at radius 1 is 1.00 bits per heavy atom. The van der Waals surface area contributed by atoms with E-state index < -0.39 is 0 Å². The van der Waals surface area contributed by atoms with Crippen molar-refractivity contribution in [2.45, 2.75) is 32.7 Å². The third-order valence-electron chi connectivity index (χ3n) is 4.45. The van der Waals surface area contributed by atoms with Crippen LogP contribution in [0.4, 0.5) is 11.4 Å². The Hall–Kier alpha value is -3.15. The summed E-state index contributed by atoms with van der Waals surface area (Å²) in [5.74, 6) is -0.0257. The van der Waals surface area contributed by atoms with Crippen LogP contribution in [0, 0.1) is 0 Å². The van der Waals surface area contributed by atoms with Crippen LogP contribution in [0.25, 0.3) is 0 Å². The minimum atomic E-state index is -0.124. The summed E-state index contributed by atoms with van der Waals surface area (Å²) in [6.07, 6.45) is 1.80. The first-order valence-corrected chi connectivity index (χ1v) is 9.04. The summed E-state index contributed by atoms with van der Waals surface area (Å²) in [4.78, 5) is 36.7. The molecule has 0 atom stereocenters. The second kappa shape index (κ2) is 8.49. The van der Waals surface area contributed by atoms with Crippen molar-refractivity contribution in [1.29, 1.82) is 0 Å². The van der Waals surface area contributed by atoms with E-state index in [0.29, 0.717) is 18.7 Å². The van der Waals surface area contributed by atoms with Gasteiger partial charge in [0.15, 0.2) is 0 Å². The average Bonchev–Trinajstić information content (AvgIpc) is 3.08. The Morgan fingerprint density at radius 2 is 1.67 bits per heavy atom. The van der Waals surface area contributed by atoms with Crippen molar-refractivity contribution in [2.75, 3.05) is 16.8 Å². The lowest BCUT2D eigenvalue weighted by atomic mass is 10.1. The average molecular weight is 365 g/mol. The molecule has 3 rings (SSSR count). The summed E-state index contributed by atoms with van der Waals surface area (Å²) in [5.41, 5.74) is 3.49. The van der Waals surface area contributed by atoms with Gasteiger partial charge in [0.25, 0.3) is 0 Å². The van der Waals surface area contributed by atoms with Crippen molar-refractivity contribution in [3.63, 3.8) is 0 Å². The molecule has 27 heavy (non-hydrogen) atoms.